The largest absolute Gasteiger partial charge is 0.492 e. The maximum atomic E-state index is 13.2. The summed E-state index contributed by atoms with van der Waals surface area (Å²) in [6.45, 7) is 9.79. The van der Waals surface area contributed by atoms with E-state index in [0.717, 1.165) is 0 Å². The van der Waals surface area contributed by atoms with Crippen LogP contribution in [0.4, 0.5) is 5.69 Å². The van der Waals surface area contributed by atoms with E-state index >= 15 is 0 Å². The number of hydrogen-bond acceptors (Lipinski definition) is 12. The number of aryl methyl sites for hydroxylation is 1. The number of nitrogens with zero attached hydrogens (tertiary/aromatic N) is 4. The van der Waals surface area contributed by atoms with Crippen LogP contribution in [0.25, 0.3) is 5.57 Å². The number of aromatic nitrogens is 3. The Bertz CT molecular complexity index is 2540. The summed E-state index contributed by atoms with van der Waals surface area (Å²) in [5.41, 5.74) is 1.17. The molecule has 2 aromatic heterocycles. The third kappa shape index (κ3) is 6.02. The van der Waals surface area contributed by atoms with Crippen LogP contribution in [-0.2, 0) is 37.0 Å². The van der Waals surface area contributed by atoms with E-state index in [0.29, 0.717) is 53.1 Å². The van der Waals surface area contributed by atoms with Crippen LogP contribution in [0.2, 0.25) is 0 Å². The molecule has 2 aromatic carbocycles. The summed E-state index contributed by atoms with van der Waals surface area (Å²) < 4.78 is 82.9. The van der Waals surface area contributed by atoms with Gasteiger partial charge in [-0.25, -0.2) is 9.78 Å². The number of nitrogens with one attached hydrogen (secondary N) is 1. The summed E-state index contributed by atoms with van der Waals surface area (Å²) in [5, 5.41) is 22.8. The van der Waals surface area contributed by atoms with Gasteiger partial charge in [-0.05, 0) is 49.9 Å². The Morgan fingerprint density at radius 2 is 1.66 bits per heavy atom. The first-order valence-electron chi connectivity index (χ1n) is 17.0. The number of ether oxygens (including phenoxy) is 1. The molecule has 0 aliphatic carbocycles. The van der Waals surface area contributed by atoms with Gasteiger partial charge in [-0.15, -0.1) is 4.73 Å². The Morgan fingerprint density at radius 1 is 0.981 bits per heavy atom. The zero-order valence-electron chi connectivity index (χ0n) is 29.5. The fourth-order valence-corrected chi connectivity index (χ4v) is 8.87. The SMILES string of the molecule is CC1Nc2c(cc3c(c2S(=O)(=O)O)Oc2c(S(=O)(=O)O)c4c(cc2=C3c2nccn2CCCCCC(=O)On2c(O)ccc2O)C(C)(C)C(C)N=4)C1C. The first-order valence-corrected chi connectivity index (χ1v) is 19.9. The highest BCUT2D eigenvalue weighted by Crippen LogP contribution is 2.51. The minimum Gasteiger partial charge on any atom is -0.492 e. The predicted octanol–water partition coefficient (Wildman–Crippen LogP) is 3.37. The van der Waals surface area contributed by atoms with Gasteiger partial charge in [0.15, 0.2) is 21.3 Å². The fraction of sp³-hybridized carbons (Fsp3) is 0.400. The molecular formula is C35H39N5O11S2. The van der Waals surface area contributed by atoms with E-state index in [1.165, 1.54) is 12.1 Å². The Labute approximate surface area is 304 Å². The van der Waals surface area contributed by atoms with Gasteiger partial charge < -0.3 is 29.7 Å². The first-order chi connectivity index (χ1) is 24.8. The van der Waals surface area contributed by atoms with Gasteiger partial charge in [-0.2, -0.15) is 16.8 Å². The number of unbranched alkanes of at least 4 members (excludes halogenated alkanes) is 2. The molecule has 18 heteroatoms. The molecule has 3 aliphatic rings. The Kier molecular flexibility index (Phi) is 8.67. The van der Waals surface area contributed by atoms with E-state index in [9.17, 15) is 40.9 Å². The molecular weight excluding hydrogens is 731 g/mol. The van der Waals surface area contributed by atoms with E-state index in [2.05, 4.69) is 15.3 Å². The number of carbonyl (C=O) groups is 1. The number of fused-ring (bicyclic) bond motifs is 4. The molecule has 0 saturated carbocycles. The number of aromatic hydroxyl groups is 2. The molecule has 0 spiro atoms. The number of anilines is 1. The van der Waals surface area contributed by atoms with E-state index in [4.69, 9.17) is 9.57 Å². The number of rotatable bonds is 10. The highest BCUT2D eigenvalue weighted by molar-refractivity contribution is 7.86. The highest BCUT2D eigenvalue weighted by atomic mass is 32.2. The Hall–Kier alpha value is -4.91. The smallest absolute Gasteiger partial charge is 0.333 e. The molecule has 5 N–H and O–H groups in total. The van der Waals surface area contributed by atoms with Crippen molar-refractivity contribution in [3.63, 3.8) is 0 Å². The molecule has 3 aliphatic heterocycles. The van der Waals surface area contributed by atoms with Gasteiger partial charge in [0.2, 0.25) is 11.8 Å². The van der Waals surface area contributed by atoms with Gasteiger partial charge in [0.05, 0.1) is 17.1 Å². The minimum absolute atomic E-state index is 0.000254. The van der Waals surface area contributed by atoms with Crippen LogP contribution < -0.4 is 25.5 Å². The molecule has 7 rings (SSSR count). The average molecular weight is 770 g/mol. The standard InChI is InChI=1S/C35H39N5O11S2/c1-17-18(2)37-28-20(17)15-21-27(34-36-12-14-39(34)13-8-6-7-9-26(43)51-40-24(41)10-11-25(40)42)22-16-23-29(38-19(3)35(23,4)5)33(53(47,48)49)31(22)50-30(21)32(28)52(44,45)46/h10-12,14-19,37,41-42H,6-9,13H2,1-5H3,(H,44,45,46)(H,47,48,49). The molecule has 0 saturated heterocycles. The normalized spacial score (nSPS) is 19.8. The summed E-state index contributed by atoms with van der Waals surface area (Å²) in [6.07, 6.45) is 4.77. The molecule has 0 radical (unpaired) electrons. The molecule has 16 nitrogen and oxygen atoms in total. The summed E-state index contributed by atoms with van der Waals surface area (Å²) >= 11 is 0. The first kappa shape index (κ1) is 36.4. The second kappa shape index (κ2) is 12.6. The third-order valence-corrected chi connectivity index (χ3v) is 12.4. The maximum absolute atomic E-state index is 13.2. The quantitative estimate of drug-likeness (QED) is 0.101. The van der Waals surface area contributed by atoms with Crippen LogP contribution in [0, 0.1) is 0 Å². The molecule has 0 bridgehead atoms. The van der Waals surface area contributed by atoms with Crippen molar-refractivity contribution in [2.75, 3.05) is 5.32 Å². The minimum atomic E-state index is -5.03. The van der Waals surface area contributed by atoms with Crippen molar-refractivity contribution in [3.05, 3.63) is 69.7 Å². The topological polar surface area (TPSA) is 232 Å². The lowest BCUT2D eigenvalue weighted by molar-refractivity contribution is -0.145. The lowest BCUT2D eigenvalue weighted by atomic mass is 9.80. The average Bonchev–Trinajstić information content (AvgIpc) is 3.78. The molecule has 0 fully saturated rings. The Balaban J connectivity index is 1.36. The van der Waals surface area contributed by atoms with Crippen LogP contribution in [0.3, 0.4) is 0 Å². The number of imidazole rings is 1. The van der Waals surface area contributed by atoms with Crippen molar-refractivity contribution in [1.82, 2.24) is 14.3 Å². The third-order valence-electron chi connectivity index (χ3n) is 10.6. The Morgan fingerprint density at radius 3 is 2.32 bits per heavy atom. The number of benzene rings is 2. The van der Waals surface area contributed by atoms with Crippen molar-refractivity contribution in [1.29, 1.82) is 0 Å². The molecule has 0 amide bonds. The van der Waals surface area contributed by atoms with Crippen molar-refractivity contribution in [2.24, 2.45) is 4.99 Å². The van der Waals surface area contributed by atoms with E-state index in [1.807, 2.05) is 39.2 Å². The second-order valence-electron chi connectivity index (χ2n) is 14.3. The summed E-state index contributed by atoms with van der Waals surface area (Å²) in [6, 6.07) is 5.26. The van der Waals surface area contributed by atoms with Gasteiger partial charge >= 0.3 is 5.97 Å². The zero-order chi connectivity index (χ0) is 38.4. The molecule has 3 unspecified atom stereocenters. The summed E-state index contributed by atoms with van der Waals surface area (Å²) in [4.78, 5) is 25.4. The molecule has 5 heterocycles. The van der Waals surface area contributed by atoms with Crippen LogP contribution in [0.1, 0.15) is 88.7 Å². The van der Waals surface area contributed by atoms with Crippen LogP contribution in [0.5, 0.6) is 23.3 Å². The number of hydrogen-bond donors (Lipinski definition) is 5. The fourth-order valence-electron chi connectivity index (χ4n) is 7.26. The van der Waals surface area contributed by atoms with Gasteiger partial charge in [0, 0.05) is 71.2 Å². The predicted molar refractivity (Wildman–Crippen MR) is 189 cm³/mol. The lowest BCUT2D eigenvalue weighted by Gasteiger charge is -2.28. The molecule has 53 heavy (non-hydrogen) atoms. The molecule has 3 atom stereocenters. The number of carbonyl (C=O) groups excluding carboxylic acids is 1. The molecule has 282 valence electrons. The highest BCUT2D eigenvalue weighted by Gasteiger charge is 2.43. The zero-order valence-corrected chi connectivity index (χ0v) is 31.1. The summed E-state index contributed by atoms with van der Waals surface area (Å²) in [5.74, 6) is -2.04. The monoisotopic (exact) mass is 769 g/mol. The van der Waals surface area contributed by atoms with Crippen molar-refractivity contribution < 1.29 is 50.5 Å². The van der Waals surface area contributed by atoms with Crippen LogP contribution in [-0.4, -0.2) is 68.5 Å². The van der Waals surface area contributed by atoms with Gasteiger partial charge in [0.1, 0.15) is 5.82 Å². The van der Waals surface area contributed by atoms with Crippen LogP contribution >= 0.6 is 0 Å². The van der Waals surface area contributed by atoms with Crippen molar-refractivity contribution in [3.8, 4) is 23.3 Å². The molecule has 4 aromatic rings. The lowest BCUT2D eigenvalue weighted by Crippen LogP contribution is -2.33. The van der Waals surface area contributed by atoms with Crippen molar-refractivity contribution in [2.45, 2.75) is 100 Å². The van der Waals surface area contributed by atoms with E-state index in [1.54, 1.807) is 24.5 Å². The second-order valence-corrected chi connectivity index (χ2v) is 17.0. The van der Waals surface area contributed by atoms with Gasteiger partial charge in [0.25, 0.3) is 20.2 Å². The van der Waals surface area contributed by atoms with E-state index in [-0.39, 0.29) is 51.7 Å². The van der Waals surface area contributed by atoms with Crippen LogP contribution in [0.15, 0.2) is 51.4 Å². The summed E-state index contributed by atoms with van der Waals surface area (Å²) in [7, 11) is -10.0. The van der Waals surface area contributed by atoms with Gasteiger partial charge in [-0.1, -0.05) is 27.2 Å². The van der Waals surface area contributed by atoms with E-state index < -0.39 is 59.2 Å². The maximum Gasteiger partial charge on any atom is 0.333 e. The van der Waals surface area contributed by atoms with Crippen molar-refractivity contribution >= 4 is 37.5 Å². The van der Waals surface area contributed by atoms with Gasteiger partial charge in [-0.3, -0.25) is 14.1 Å².